The molecule has 200 valence electrons. The molecular weight excluding hydrogens is 482 g/mol. The minimum Gasteiger partial charge on any atom is -0.383 e. The first-order valence-electron chi connectivity index (χ1n) is 13.0. The fourth-order valence-corrected chi connectivity index (χ4v) is 5.11. The van der Waals surface area contributed by atoms with Crippen molar-refractivity contribution in [2.24, 2.45) is 0 Å². The standard InChI is InChI=1S/C28H35N7O3/c1-37-13-11-33(12-14-38-2)9-10-34-19-23(20-35-8-7-30-32-35)27(36)26-17-25(18-29-28(26)34)31-24-15-21-5-3-4-6-22(21)16-24/h3-8,17-19,24,31H,9-16,20H2,1-2H3. The van der Waals surface area contributed by atoms with Crippen LogP contribution in [0, 0.1) is 0 Å². The van der Waals surface area contributed by atoms with Crippen LogP contribution in [0.15, 0.2) is 59.9 Å². The summed E-state index contributed by atoms with van der Waals surface area (Å²) in [5.41, 5.74) is 4.91. The maximum absolute atomic E-state index is 13.6. The van der Waals surface area contributed by atoms with Gasteiger partial charge in [-0.05, 0) is 30.0 Å². The van der Waals surface area contributed by atoms with Crippen molar-refractivity contribution < 1.29 is 9.47 Å². The molecule has 1 aliphatic rings. The Bertz CT molecular complexity index is 1370. The van der Waals surface area contributed by atoms with Gasteiger partial charge in [-0.3, -0.25) is 9.69 Å². The largest absolute Gasteiger partial charge is 0.383 e. The van der Waals surface area contributed by atoms with Crippen molar-refractivity contribution >= 4 is 16.7 Å². The van der Waals surface area contributed by atoms with Crippen molar-refractivity contribution in [3.63, 3.8) is 0 Å². The van der Waals surface area contributed by atoms with Crippen molar-refractivity contribution in [3.05, 3.63) is 82.0 Å². The average molecular weight is 518 g/mol. The molecule has 3 heterocycles. The van der Waals surface area contributed by atoms with Gasteiger partial charge in [0.15, 0.2) is 5.43 Å². The molecule has 1 aromatic carbocycles. The molecule has 0 atom stereocenters. The van der Waals surface area contributed by atoms with Gasteiger partial charge in [-0.1, -0.05) is 29.5 Å². The maximum Gasteiger partial charge on any atom is 0.196 e. The SMILES string of the molecule is COCCN(CCOC)CCn1cc(Cn2ccnn2)c(=O)c2cc(NC3Cc4ccccc4C3)cnc21. The maximum atomic E-state index is 13.6. The summed E-state index contributed by atoms with van der Waals surface area (Å²) in [6.07, 6.45) is 9.05. The fourth-order valence-electron chi connectivity index (χ4n) is 5.11. The molecule has 0 saturated carbocycles. The van der Waals surface area contributed by atoms with E-state index in [9.17, 15) is 4.79 Å². The summed E-state index contributed by atoms with van der Waals surface area (Å²) in [5.74, 6) is 0. The van der Waals surface area contributed by atoms with Crippen LogP contribution in [0.4, 0.5) is 5.69 Å². The van der Waals surface area contributed by atoms with Crippen molar-refractivity contribution in [1.82, 2.24) is 29.4 Å². The molecule has 0 radical (unpaired) electrons. The van der Waals surface area contributed by atoms with Gasteiger partial charge >= 0.3 is 0 Å². The first-order valence-corrected chi connectivity index (χ1v) is 13.0. The van der Waals surface area contributed by atoms with Gasteiger partial charge in [0.05, 0.1) is 43.2 Å². The van der Waals surface area contributed by atoms with Gasteiger partial charge < -0.3 is 19.4 Å². The Kier molecular flexibility index (Phi) is 8.42. The van der Waals surface area contributed by atoms with E-state index >= 15 is 0 Å². The zero-order valence-corrected chi connectivity index (χ0v) is 22.0. The Balaban J connectivity index is 1.42. The van der Waals surface area contributed by atoms with Gasteiger partial charge in [-0.2, -0.15) is 0 Å². The van der Waals surface area contributed by atoms with Gasteiger partial charge in [-0.15, -0.1) is 5.10 Å². The Hall–Kier alpha value is -3.60. The highest BCUT2D eigenvalue weighted by Crippen LogP contribution is 2.25. The molecule has 0 amide bonds. The molecule has 38 heavy (non-hydrogen) atoms. The Morgan fingerprint density at radius 1 is 1.08 bits per heavy atom. The van der Waals surface area contributed by atoms with Gasteiger partial charge in [0.1, 0.15) is 5.65 Å². The summed E-state index contributed by atoms with van der Waals surface area (Å²) >= 11 is 0. The summed E-state index contributed by atoms with van der Waals surface area (Å²) < 4.78 is 14.3. The smallest absolute Gasteiger partial charge is 0.196 e. The normalized spacial score (nSPS) is 13.4. The van der Waals surface area contributed by atoms with Gasteiger partial charge in [0.2, 0.25) is 0 Å². The van der Waals surface area contributed by atoms with Gasteiger partial charge in [-0.25, -0.2) is 9.67 Å². The van der Waals surface area contributed by atoms with E-state index in [1.54, 1.807) is 31.3 Å². The van der Waals surface area contributed by atoms with Crippen LogP contribution >= 0.6 is 0 Å². The predicted octanol–water partition coefficient (Wildman–Crippen LogP) is 2.21. The number of aromatic nitrogens is 5. The van der Waals surface area contributed by atoms with E-state index < -0.39 is 0 Å². The molecule has 0 spiro atoms. The summed E-state index contributed by atoms with van der Waals surface area (Å²) in [5, 5.41) is 12.2. The third-order valence-corrected chi connectivity index (χ3v) is 7.09. The first-order chi connectivity index (χ1) is 18.6. The van der Waals surface area contributed by atoms with E-state index in [0.717, 1.165) is 38.2 Å². The number of rotatable bonds is 13. The topological polar surface area (TPSA) is 99.3 Å². The van der Waals surface area contributed by atoms with Crippen molar-refractivity contribution in [3.8, 4) is 0 Å². The van der Waals surface area contributed by atoms with E-state index in [0.29, 0.717) is 42.9 Å². The second-order valence-corrected chi connectivity index (χ2v) is 9.72. The summed E-state index contributed by atoms with van der Waals surface area (Å²) in [7, 11) is 3.42. The number of pyridine rings is 2. The van der Waals surface area contributed by atoms with Crippen LogP contribution in [0.1, 0.15) is 16.7 Å². The summed E-state index contributed by atoms with van der Waals surface area (Å²) in [6.45, 7) is 4.68. The third-order valence-electron chi connectivity index (χ3n) is 7.09. The number of nitrogens with zero attached hydrogens (tertiary/aromatic N) is 6. The molecule has 0 saturated heterocycles. The lowest BCUT2D eigenvalue weighted by molar-refractivity contribution is 0.112. The number of methoxy groups -OCH3 is 2. The molecule has 4 aromatic rings. The Labute approximate surface area is 222 Å². The van der Waals surface area contributed by atoms with Crippen molar-refractivity contribution in [2.75, 3.05) is 52.4 Å². The zero-order chi connectivity index (χ0) is 26.3. The molecule has 3 aromatic heterocycles. The lowest BCUT2D eigenvalue weighted by Gasteiger charge is -2.23. The highest BCUT2D eigenvalue weighted by Gasteiger charge is 2.21. The highest BCUT2D eigenvalue weighted by molar-refractivity contribution is 5.79. The number of anilines is 1. The zero-order valence-electron chi connectivity index (χ0n) is 22.0. The minimum atomic E-state index is -0.0340. The fraction of sp³-hybridized carbons (Fsp3) is 0.429. The number of fused-ring (bicyclic) bond motifs is 2. The molecule has 0 bridgehead atoms. The highest BCUT2D eigenvalue weighted by atomic mass is 16.5. The molecule has 1 N–H and O–H groups in total. The third kappa shape index (κ3) is 6.09. The van der Waals surface area contributed by atoms with Crippen LogP contribution in [-0.4, -0.2) is 82.6 Å². The van der Waals surface area contributed by atoms with Crippen LogP contribution in [0.3, 0.4) is 0 Å². The minimum absolute atomic E-state index is 0.0340. The second kappa shape index (κ2) is 12.3. The van der Waals surface area contributed by atoms with Crippen LogP contribution in [-0.2, 0) is 35.4 Å². The monoisotopic (exact) mass is 517 g/mol. The number of benzene rings is 1. The quantitative estimate of drug-likeness (QED) is 0.288. The molecule has 1 aliphatic carbocycles. The average Bonchev–Trinajstić information content (AvgIpc) is 3.60. The van der Waals surface area contributed by atoms with E-state index in [2.05, 4.69) is 49.4 Å². The predicted molar refractivity (Wildman–Crippen MR) is 147 cm³/mol. The number of nitrogens with one attached hydrogen (secondary N) is 1. The summed E-state index contributed by atoms with van der Waals surface area (Å²) in [6, 6.07) is 10.8. The lowest BCUT2D eigenvalue weighted by Crippen LogP contribution is -2.34. The number of hydrogen-bond acceptors (Lipinski definition) is 8. The number of ether oxygens (including phenoxy) is 2. The van der Waals surface area contributed by atoms with Gasteiger partial charge in [0, 0.05) is 64.4 Å². The van der Waals surface area contributed by atoms with Crippen LogP contribution in [0.5, 0.6) is 0 Å². The Morgan fingerprint density at radius 3 is 2.47 bits per heavy atom. The summed E-state index contributed by atoms with van der Waals surface area (Å²) in [4.78, 5) is 20.7. The first kappa shape index (κ1) is 26.0. The van der Waals surface area contributed by atoms with Crippen LogP contribution in [0.25, 0.3) is 11.0 Å². The van der Waals surface area contributed by atoms with E-state index in [4.69, 9.17) is 14.5 Å². The van der Waals surface area contributed by atoms with E-state index in [1.807, 2.05) is 18.5 Å². The van der Waals surface area contributed by atoms with Crippen LogP contribution in [0.2, 0.25) is 0 Å². The molecular formula is C28H35N7O3. The van der Waals surface area contributed by atoms with Crippen molar-refractivity contribution in [2.45, 2.75) is 32.0 Å². The molecule has 0 aliphatic heterocycles. The van der Waals surface area contributed by atoms with E-state index in [1.165, 1.54) is 11.1 Å². The Morgan fingerprint density at radius 2 is 1.82 bits per heavy atom. The second-order valence-electron chi connectivity index (χ2n) is 9.72. The lowest BCUT2D eigenvalue weighted by atomic mass is 10.1. The molecule has 0 fully saturated rings. The molecule has 10 nitrogen and oxygen atoms in total. The molecule has 5 rings (SSSR count). The molecule has 0 unspecified atom stereocenters. The molecule has 10 heteroatoms. The van der Waals surface area contributed by atoms with Crippen molar-refractivity contribution in [1.29, 1.82) is 0 Å². The van der Waals surface area contributed by atoms with E-state index in [-0.39, 0.29) is 11.5 Å². The van der Waals surface area contributed by atoms with Crippen LogP contribution < -0.4 is 10.7 Å². The van der Waals surface area contributed by atoms with Gasteiger partial charge in [0.25, 0.3) is 0 Å². The number of hydrogen-bond donors (Lipinski definition) is 1.